The maximum atomic E-state index is 15.2. The van der Waals surface area contributed by atoms with Crippen LogP contribution in [0.15, 0.2) is 0 Å². The third kappa shape index (κ3) is 2.42. The fourth-order valence-corrected chi connectivity index (χ4v) is 7.53. The predicted octanol–water partition coefficient (Wildman–Crippen LogP) is 4.48. The molecule has 4 aliphatic carbocycles. The van der Waals surface area contributed by atoms with E-state index in [1.807, 2.05) is 0 Å². The molecule has 0 amide bonds. The molecule has 0 aliphatic heterocycles. The molecule has 0 aromatic rings. The summed E-state index contributed by atoms with van der Waals surface area (Å²) in [6.45, 7) is 5.93. The summed E-state index contributed by atoms with van der Waals surface area (Å²) in [4.78, 5) is 24.0. The second kappa shape index (κ2) is 5.79. The Morgan fingerprint density at radius 1 is 1.12 bits per heavy atom. The number of ether oxygens (including phenoxy) is 1. The first-order chi connectivity index (χ1) is 11.8. The zero-order valence-electron chi connectivity index (χ0n) is 15.7. The maximum absolute atomic E-state index is 15.2. The first-order valence-corrected chi connectivity index (χ1v) is 10.1. The Labute approximate surface area is 150 Å². The number of carbonyl (C=O) groups excluding carboxylic acids is 2. The summed E-state index contributed by atoms with van der Waals surface area (Å²) >= 11 is 0. The average molecular weight is 350 g/mol. The molecule has 4 saturated carbocycles. The van der Waals surface area contributed by atoms with Gasteiger partial charge in [0.05, 0.1) is 5.92 Å². The van der Waals surface area contributed by atoms with E-state index in [1.165, 1.54) is 6.92 Å². The van der Waals surface area contributed by atoms with Crippen molar-refractivity contribution in [2.75, 3.05) is 0 Å². The minimum absolute atomic E-state index is 0.0194. The third-order valence-corrected chi connectivity index (χ3v) is 8.56. The van der Waals surface area contributed by atoms with Gasteiger partial charge in [-0.15, -0.1) is 0 Å². The Morgan fingerprint density at radius 2 is 1.84 bits per heavy atom. The topological polar surface area (TPSA) is 43.4 Å². The average Bonchev–Trinajstić information content (AvgIpc) is 2.83. The van der Waals surface area contributed by atoms with Gasteiger partial charge in [-0.2, -0.15) is 0 Å². The van der Waals surface area contributed by atoms with Crippen molar-refractivity contribution in [1.29, 1.82) is 0 Å². The highest BCUT2D eigenvalue weighted by atomic mass is 19.1. The summed E-state index contributed by atoms with van der Waals surface area (Å²) in [5, 5.41) is 0. The minimum atomic E-state index is -0.992. The van der Waals surface area contributed by atoms with E-state index in [1.54, 1.807) is 0 Å². The molecule has 4 heteroatoms. The minimum Gasteiger partial charge on any atom is -0.462 e. The van der Waals surface area contributed by atoms with Crippen LogP contribution in [0.25, 0.3) is 0 Å². The third-order valence-electron chi connectivity index (χ3n) is 8.56. The molecule has 0 spiro atoms. The molecule has 4 rings (SSSR count). The largest absolute Gasteiger partial charge is 0.462 e. The van der Waals surface area contributed by atoms with Gasteiger partial charge in [-0.3, -0.25) is 9.59 Å². The van der Waals surface area contributed by atoms with Gasteiger partial charge >= 0.3 is 5.97 Å². The molecule has 140 valence electrons. The van der Waals surface area contributed by atoms with Crippen molar-refractivity contribution in [3.63, 3.8) is 0 Å². The molecule has 0 aromatic heterocycles. The molecule has 25 heavy (non-hydrogen) atoms. The van der Waals surface area contributed by atoms with Gasteiger partial charge in [-0.25, -0.2) is 4.39 Å². The second-order valence-corrected chi connectivity index (χ2v) is 9.65. The highest BCUT2D eigenvalue weighted by molar-refractivity contribution is 5.83. The Bertz CT molecular complexity index is 590. The van der Waals surface area contributed by atoms with E-state index in [4.69, 9.17) is 4.74 Å². The molecule has 0 N–H and O–H groups in total. The first-order valence-electron chi connectivity index (χ1n) is 10.1. The number of rotatable bonds is 1. The molecule has 4 fully saturated rings. The lowest BCUT2D eigenvalue weighted by Crippen LogP contribution is -2.58. The molecule has 0 unspecified atom stereocenters. The summed E-state index contributed by atoms with van der Waals surface area (Å²) in [6.07, 6.45) is 5.99. The first kappa shape index (κ1) is 17.5. The second-order valence-electron chi connectivity index (χ2n) is 9.65. The molecule has 0 bridgehead atoms. The summed E-state index contributed by atoms with van der Waals surface area (Å²) < 4.78 is 20.8. The van der Waals surface area contributed by atoms with Gasteiger partial charge in [0, 0.05) is 18.8 Å². The van der Waals surface area contributed by atoms with Crippen LogP contribution >= 0.6 is 0 Å². The van der Waals surface area contributed by atoms with Gasteiger partial charge < -0.3 is 4.74 Å². The lowest BCUT2D eigenvalue weighted by atomic mass is 9.44. The molecular formula is C21H31FO3. The van der Waals surface area contributed by atoms with Crippen LogP contribution in [-0.2, 0) is 14.3 Å². The standard InChI is InChI=1S/C21H31FO3/c1-12(23)25-18-7-6-14-13-11-16(22)19-17(24)5-4-9-21(19,3)15(13)8-10-20(14,18)2/h13-16,18-19H,4-11H2,1-3H3/t13-,14-,15-,16-,18-,19-,20-,21+/m0/s1. The van der Waals surface area contributed by atoms with Crippen molar-refractivity contribution >= 4 is 11.8 Å². The summed E-state index contributed by atoms with van der Waals surface area (Å²) in [6, 6.07) is 0. The molecule has 0 heterocycles. The molecule has 3 nitrogen and oxygen atoms in total. The van der Waals surface area contributed by atoms with Gasteiger partial charge in [0.2, 0.25) is 0 Å². The monoisotopic (exact) mass is 350 g/mol. The lowest BCUT2D eigenvalue weighted by Gasteiger charge is -2.60. The quantitative estimate of drug-likeness (QED) is 0.655. The van der Waals surface area contributed by atoms with Crippen molar-refractivity contribution < 1.29 is 18.7 Å². The van der Waals surface area contributed by atoms with E-state index in [-0.39, 0.29) is 34.6 Å². The number of hydrogen-bond acceptors (Lipinski definition) is 3. The van der Waals surface area contributed by atoms with Crippen LogP contribution in [0.4, 0.5) is 4.39 Å². The van der Waals surface area contributed by atoms with Gasteiger partial charge in [0.1, 0.15) is 18.1 Å². The zero-order valence-corrected chi connectivity index (χ0v) is 15.7. The maximum Gasteiger partial charge on any atom is 0.302 e. The Morgan fingerprint density at radius 3 is 2.56 bits per heavy atom. The SMILES string of the molecule is CC(=O)O[C@H]1CC[C@H]2[C@@H]3C[C@H](F)[C@H]4C(=O)CCC[C@]4(C)[C@H]3CC[C@]12C. The van der Waals surface area contributed by atoms with E-state index in [0.717, 1.165) is 38.5 Å². The van der Waals surface area contributed by atoms with Crippen molar-refractivity contribution in [1.82, 2.24) is 0 Å². The van der Waals surface area contributed by atoms with Crippen molar-refractivity contribution in [2.45, 2.75) is 84.4 Å². The smallest absolute Gasteiger partial charge is 0.302 e. The van der Waals surface area contributed by atoms with Crippen LogP contribution in [-0.4, -0.2) is 24.0 Å². The number of hydrogen-bond donors (Lipinski definition) is 0. The summed E-state index contributed by atoms with van der Waals surface area (Å²) in [5.41, 5.74) is -0.188. The van der Waals surface area contributed by atoms with E-state index in [9.17, 15) is 9.59 Å². The Kier molecular flexibility index (Phi) is 4.05. The van der Waals surface area contributed by atoms with E-state index >= 15 is 4.39 Å². The van der Waals surface area contributed by atoms with Crippen molar-refractivity contribution in [3.8, 4) is 0 Å². The van der Waals surface area contributed by atoms with Gasteiger partial charge in [-0.05, 0) is 68.1 Å². The number of Topliss-reactive ketones (excluding diaryl/α,β-unsaturated/α-hetero) is 1. The fourth-order valence-electron chi connectivity index (χ4n) is 7.53. The number of alkyl halides is 1. The lowest BCUT2D eigenvalue weighted by molar-refractivity contribution is -0.172. The number of fused-ring (bicyclic) bond motifs is 5. The number of halogens is 1. The Balaban J connectivity index is 1.64. The van der Waals surface area contributed by atoms with Crippen molar-refractivity contribution in [2.24, 2.45) is 34.5 Å². The van der Waals surface area contributed by atoms with E-state index in [2.05, 4.69) is 13.8 Å². The molecular weight excluding hydrogens is 319 g/mol. The molecule has 8 atom stereocenters. The van der Waals surface area contributed by atoms with Gasteiger partial charge in [0.25, 0.3) is 0 Å². The van der Waals surface area contributed by atoms with Crippen LogP contribution < -0.4 is 0 Å². The van der Waals surface area contributed by atoms with Crippen molar-refractivity contribution in [3.05, 3.63) is 0 Å². The molecule has 0 saturated heterocycles. The predicted molar refractivity (Wildman–Crippen MR) is 92.6 cm³/mol. The summed E-state index contributed by atoms with van der Waals surface area (Å²) in [7, 11) is 0. The van der Waals surface area contributed by atoms with Crippen LogP contribution in [0, 0.1) is 34.5 Å². The highest BCUT2D eigenvalue weighted by Gasteiger charge is 2.63. The van der Waals surface area contributed by atoms with Crippen LogP contribution in [0.5, 0.6) is 0 Å². The number of esters is 1. The number of carbonyl (C=O) groups is 2. The summed E-state index contributed by atoms with van der Waals surface area (Å²) in [5.74, 6) is 0.786. The molecule has 4 aliphatic rings. The normalized spacial score (nSPS) is 52.1. The Hall–Kier alpha value is -0.930. The fraction of sp³-hybridized carbons (Fsp3) is 0.905. The van der Waals surface area contributed by atoms with Crippen LogP contribution in [0.2, 0.25) is 0 Å². The van der Waals surface area contributed by atoms with Crippen LogP contribution in [0.1, 0.15) is 72.1 Å². The van der Waals surface area contributed by atoms with E-state index in [0.29, 0.717) is 30.6 Å². The number of ketones is 1. The zero-order chi connectivity index (χ0) is 18.0. The van der Waals surface area contributed by atoms with Gasteiger partial charge in [-0.1, -0.05) is 13.8 Å². The highest BCUT2D eigenvalue weighted by Crippen LogP contribution is 2.66. The van der Waals surface area contributed by atoms with Crippen LogP contribution in [0.3, 0.4) is 0 Å². The van der Waals surface area contributed by atoms with E-state index < -0.39 is 6.17 Å². The van der Waals surface area contributed by atoms with Gasteiger partial charge in [0.15, 0.2) is 0 Å². The molecule has 0 radical (unpaired) electrons. The molecule has 0 aromatic carbocycles.